The zero-order valence-corrected chi connectivity index (χ0v) is 16.0. The molecule has 0 bridgehead atoms. The first-order chi connectivity index (χ1) is 13.5. The molecule has 1 heterocycles. The number of halogens is 2. The van der Waals surface area contributed by atoms with Gasteiger partial charge in [-0.25, -0.2) is 0 Å². The normalized spacial score (nSPS) is 23.1. The van der Waals surface area contributed by atoms with E-state index in [0.29, 0.717) is 32.8 Å². The number of rotatable bonds is 6. The molecule has 6 nitrogen and oxygen atoms in total. The molecule has 1 aromatic rings. The number of hydrogen-bond donors (Lipinski definition) is 0. The molecule has 2 atom stereocenters. The second-order valence-corrected chi connectivity index (χ2v) is 7.06. The molecule has 1 aliphatic carbocycles. The van der Waals surface area contributed by atoms with Crippen LogP contribution in [-0.2, 0) is 9.53 Å². The lowest BCUT2D eigenvalue weighted by Gasteiger charge is -2.39. The predicted octanol–water partition coefficient (Wildman–Crippen LogP) is 2.78. The van der Waals surface area contributed by atoms with Crippen molar-refractivity contribution < 1.29 is 27.8 Å². The molecule has 0 N–H and O–H groups in total. The van der Waals surface area contributed by atoms with E-state index < -0.39 is 6.61 Å². The molecule has 2 aliphatic rings. The molecule has 0 spiro atoms. The van der Waals surface area contributed by atoms with E-state index in [1.54, 1.807) is 17.0 Å². The van der Waals surface area contributed by atoms with Gasteiger partial charge in [-0.2, -0.15) is 8.78 Å². The Morgan fingerprint density at radius 1 is 1.14 bits per heavy atom. The van der Waals surface area contributed by atoms with Crippen molar-refractivity contribution in [1.29, 1.82) is 0 Å². The van der Waals surface area contributed by atoms with Crippen molar-refractivity contribution in [3.63, 3.8) is 0 Å². The molecular formula is C20H26F2N2O4. The van der Waals surface area contributed by atoms with Gasteiger partial charge in [0.1, 0.15) is 5.75 Å². The zero-order valence-electron chi connectivity index (χ0n) is 16.0. The molecule has 1 saturated heterocycles. The van der Waals surface area contributed by atoms with Gasteiger partial charge in [-0.3, -0.25) is 14.5 Å². The van der Waals surface area contributed by atoms with Crippen molar-refractivity contribution in [2.24, 2.45) is 5.92 Å². The maximum Gasteiger partial charge on any atom is 0.387 e. The Labute approximate surface area is 163 Å². The number of alkyl halides is 2. The van der Waals surface area contributed by atoms with Crippen LogP contribution in [0.4, 0.5) is 8.78 Å². The highest BCUT2D eigenvalue weighted by atomic mass is 19.3. The second-order valence-electron chi connectivity index (χ2n) is 7.06. The predicted molar refractivity (Wildman–Crippen MR) is 98.3 cm³/mol. The number of carbonyl (C=O) groups excluding carboxylic acids is 2. The van der Waals surface area contributed by atoms with Gasteiger partial charge < -0.3 is 14.4 Å². The van der Waals surface area contributed by atoms with Crippen LogP contribution in [0, 0.1) is 5.92 Å². The summed E-state index contributed by atoms with van der Waals surface area (Å²) in [6.45, 7) is 1.45. The maximum absolute atomic E-state index is 12.8. The lowest BCUT2D eigenvalue weighted by Crippen LogP contribution is -2.53. The fraction of sp³-hybridized carbons (Fsp3) is 0.600. The number of piperazine rings is 1. The summed E-state index contributed by atoms with van der Waals surface area (Å²) in [5.74, 6) is -0.670. The van der Waals surface area contributed by atoms with Crippen molar-refractivity contribution in [3.05, 3.63) is 29.8 Å². The van der Waals surface area contributed by atoms with Gasteiger partial charge >= 0.3 is 12.6 Å². The summed E-state index contributed by atoms with van der Waals surface area (Å²) in [5.41, 5.74) is 0.140. The lowest BCUT2D eigenvalue weighted by atomic mass is 10.0. The summed E-state index contributed by atoms with van der Waals surface area (Å²) in [6, 6.07) is 6.20. The van der Waals surface area contributed by atoms with Crippen molar-refractivity contribution in [2.75, 3.05) is 32.8 Å². The summed E-state index contributed by atoms with van der Waals surface area (Å²) in [6.07, 6.45) is 2.77. The molecule has 1 amide bonds. The molecule has 1 aromatic carbocycles. The van der Waals surface area contributed by atoms with Crippen LogP contribution in [0.2, 0.25) is 0 Å². The average Bonchev–Trinajstić information content (AvgIpc) is 3.18. The number of esters is 1. The Morgan fingerprint density at radius 2 is 1.86 bits per heavy atom. The first-order valence-corrected chi connectivity index (χ1v) is 9.75. The molecule has 3 rings (SSSR count). The van der Waals surface area contributed by atoms with Crippen LogP contribution < -0.4 is 4.74 Å². The van der Waals surface area contributed by atoms with Gasteiger partial charge in [0, 0.05) is 32.2 Å². The minimum atomic E-state index is -2.98. The van der Waals surface area contributed by atoms with E-state index in [2.05, 4.69) is 9.64 Å². The fourth-order valence-electron chi connectivity index (χ4n) is 4.17. The molecule has 1 aliphatic heterocycles. The van der Waals surface area contributed by atoms with Gasteiger partial charge in [0.15, 0.2) is 0 Å². The highest BCUT2D eigenvalue weighted by Crippen LogP contribution is 2.32. The van der Waals surface area contributed by atoms with Crippen molar-refractivity contribution in [1.82, 2.24) is 9.80 Å². The van der Waals surface area contributed by atoms with Crippen LogP contribution in [-0.4, -0.2) is 67.1 Å². The molecule has 1 saturated carbocycles. The summed E-state index contributed by atoms with van der Waals surface area (Å²) >= 11 is 0. The van der Waals surface area contributed by atoms with Gasteiger partial charge in [-0.1, -0.05) is 18.6 Å². The number of para-hydroxylation sites is 1. The number of nitrogens with zero attached hydrogens (tertiary/aromatic N) is 2. The maximum atomic E-state index is 12.8. The Balaban J connectivity index is 1.61. The Kier molecular flexibility index (Phi) is 6.83. The zero-order chi connectivity index (χ0) is 20.1. The third-order valence-corrected chi connectivity index (χ3v) is 5.47. The van der Waals surface area contributed by atoms with Crippen LogP contribution in [0.5, 0.6) is 5.75 Å². The molecule has 0 aromatic heterocycles. The van der Waals surface area contributed by atoms with Crippen LogP contribution in [0.3, 0.4) is 0 Å². The van der Waals surface area contributed by atoms with Gasteiger partial charge in [0.05, 0.1) is 18.1 Å². The van der Waals surface area contributed by atoms with E-state index in [1.807, 2.05) is 6.92 Å². The number of carbonyl (C=O) groups is 2. The number of ether oxygens (including phenoxy) is 2. The van der Waals surface area contributed by atoms with Crippen LogP contribution in [0.1, 0.15) is 36.5 Å². The standard InChI is InChI=1S/C20H26F2N2O4/c1-2-27-19(26)14-7-5-8-16(14)23-10-12-24(13-11-23)18(25)15-6-3-4-9-17(15)28-20(21)22/h3-4,6,9,14,16,20H,2,5,7-8,10-13H2,1H3. The van der Waals surface area contributed by atoms with Crippen molar-refractivity contribution in [3.8, 4) is 5.75 Å². The van der Waals surface area contributed by atoms with E-state index in [-0.39, 0.29) is 35.1 Å². The van der Waals surface area contributed by atoms with Crippen LogP contribution in [0.25, 0.3) is 0 Å². The summed E-state index contributed by atoms with van der Waals surface area (Å²) in [5, 5.41) is 0. The van der Waals surface area contributed by atoms with Crippen LogP contribution in [0.15, 0.2) is 24.3 Å². The van der Waals surface area contributed by atoms with Crippen LogP contribution >= 0.6 is 0 Å². The van der Waals surface area contributed by atoms with E-state index in [4.69, 9.17) is 4.74 Å². The quantitative estimate of drug-likeness (QED) is 0.692. The molecule has 8 heteroatoms. The van der Waals surface area contributed by atoms with Crippen molar-refractivity contribution >= 4 is 11.9 Å². The SMILES string of the molecule is CCOC(=O)C1CCCC1N1CCN(C(=O)c2ccccc2OC(F)F)CC1. The Bertz CT molecular complexity index is 693. The number of amides is 1. The molecule has 0 radical (unpaired) electrons. The number of benzene rings is 1. The van der Waals surface area contributed by atoms with Crippen molar-refractivity contribution in [2.45, 2.75) is 38.8 Å². The van der Waals surface area contributed by atoms with E-state index in [9.17, 15) is 18.4 Å². The Hall–Kier alpha value is -2.22. The highest BCUT2D eigenvalue weighted by molar-refractivity contribution is 5.97. The molecule has 154 valence electrons. The van der Waals surface area contributed by atoms with Gasteiger partial charge in [0.25, 0.3) is 5.91 Å². The molecule has 2 fully saturated rings. The second kappa shape index (κ2) is 9.32. The number of hydrogen-bond acceptors (Lipinski definition) is 5. The van der Waals surface area contributed by atoms with Gasteiger partial charge in [-0.05, 0) is 31.9 Å². The topological polar surface area (TPSA) is 59.1 Å². The van der Waals surface area contributed by atoms with Gasteiger partial charge in [-0.15, -0.1) is 0 Å². The molecule has 28 heavy (non-hydrogen) atoms. The average molecular weight is 396 g/mol. The van der Waals surface area contributed by atoms with E-state index in [1.165, 1.54) is 12.1 Å². The highest BCUT2D eigenvalue weighted by Gasteiger charge is 2.39. The smallest absolute Gasteiger partial charge is 0.387 e. The monoisotopic (exact) mass is 396 g/mol. The largest absolute Gasteiger partial charge is 0.466 e. The fourth-order valence-corrected chi connectivity index (χ4v) is 4.17. The first kappa shape index (κ1) is 20.5. The first-order valence-electron chi connectivity index (χ1n) is 9.75. The Morgan fingerprint density at radius 3 is 2.54 bits per heavy atom. The van der Waals surface area contributed by atoms with E-state index >= 15 is 0 Å². The van der Waals surface area contributed by atoms with Gasteiger partial charge in [0.2, 0.25) is 0 Å². The summed E-state index contributed by atoms with van der Waals surface area (Å²) in [4.78, 5) is 28.9. The molecular weight excluding hydrogens is 370 g/mol. The summed E-state index contributed by atoms with van der Waals surface area (Å²) in [7, 11) is 0. The lowest BCUT2D eigenvalue weighted by molar-refractivity contribution is -0.150. The minimum absolute atomic E-state index is 0.108. The minimum Gasteiger partial charge on any atom is -0.466 e. The summed E-state index contributed by atoms with van der Waals surface area (Å²) < 4.78 is 34.9. The third kappa shape index (κ3) is 4.60. The van der Waals surface area contributed by atoms with E-state index in [0.717, 1.165) is 19.3 Å². The third-order valence-electron chi connectivity index (χ3n) is 5.47. The molecule has 2 unspecified atom stereocenters.